The molecule has 0 aliphatic heterocycles. The summed E-state index contributed by atoms with van der Waals surface area (Å²) in [5.74, 6) is -1.85. The molecule has 11 heteroatoms. The normalized spacial score (nSPS) is 11.9. The third kappa shape index (κ3) is 7.12. The maximum absolute atomic E-state index is 12.2. The van der Waals surface area contributed by atoms with Gasteiger partial charge in [0.05, 0.1) is 13.0 Å². The van der Waals surface area contributed by atoms with E-state index in [9.17, 15) is 19.5 Å². The van der Waals surface area contributed by atoms with Crippen molar-refractivity contribution in [2.75, 3.05) is 18.9 Å². The Morgan fingerprint density at radius 1 is 1.32 bits per heavy atom. The first kappa shape index (κ1) is 24.4. The highest BCUT2D eigenvalue weighted by Gasteiger charge is 2.21. The molecule has 0 bridgehead atoms. The number of hydrogen-bond donors (Lipinski definition) is 3. The summed E-state index contributed by atoms with van der Waals surface area (Å²) in [5, 5.41) is 25.7. The number of nitrogens with one attached hydrogen (secondary N) is 1. The van der Waals surface area contributed by atoms with Crippen LogP contribution in [0.25, 0.3) is 5.65 Å². The second kappa shape index (κ2) is 12.1. The number of carbonyl (C=O) groups is 3. The van der Waals surface area contributed by atoms with Crippen LogP contribution in [0, 0.1) is 5.92 Å². The highest BCUT2D eigenvalue weighted by Crippen LogP contribution is 2.29. The number of carboxylic acid groups (broad SMARTS) is 1. The van der Waals surface area contributed by atoms with Gasteiger partial charge in [0.1, 0.15) is 29.2 Å². The number of pyridine rings is 1. The zero-order chi connectivity index (χ0) is 22.8. The maximum Gasteiger partial charge on any atom is 0.322 e. The first-order chi connectivity index (χ1) is 14.9. The number of carbonyl (C=O) groups excluding carboxylic acids is 2. The Morgan fingerprint density at radius 2 is 2.10 bits per heavy atom. The standard InChI is InChI=1S/C20H28N4O6S/c1-3-5-6-13(4-2)11-30-17(28)7-8-31-15-9-14(25)18(19-22-12-23-24(15)19)20(29)21-10-16(26)27/h9,12-13,25H,3-8,10-11H2,1-2H3,(H,21,29)(H,26,27). The molecule has 0 saturated heterocycles. The van der Waals surface area contributed by atoms with Gasteiger partial charge in [0.25, 0.3) is 5.91 Å². The fourth-order valence-corrected chi connectivity index (χ4v) is 3.85. The van der Waals surface area contributed by atoms with Crippen LogP contribution in [0.15, 0.2) is 17.4 Å². The molecule has 0 spiro atoms. The molecule has 0 aliphatic rings. The van der Waals surface area contributed by atoms with Gasteiger partial charge in [-0.25, -0.2) is 9.50 Å². The van der Waals surface area contributed by atoms with Crippen LogP contribution in [-0.2, 0) is 14.3 Å². The number of aromatic nitrogens is 3. The summed E-state index contributed by atoms with van der Waals surface area (Å²) >= 11 is 1.26. The van der Waals surface area contributed by atoms with E-state index in [0.717, 1.165) is 25.7 Å². The van der Waals surface area contributed by atoms with Crippen molar-refractivity contribution in [2.45, 2.75) is 51.0 Å². The predicted molar refractivity (Wildman–Crippen MR) is 114 cm³/mol. The fraction of sp³-hybridized carbons (Fsp3) is 0.550. The molecule has 2 heterocycles. The fourth-order valence-electron chi connectivity index (χ4n) is 2.92. The van der Waals surface area contributed by atoms with E-state index in [0.29, 0.717) is 23.3 Å². The SMILES string of the molecule is CCCCC(CC)COC(=O)CCSc1cc(O)c(C(=O)NCC(=O)O)c2ncnn12. The summed E-state index contributed by atoms with van der Waals surface area (Å²) in [7, 11) is 0. The van der Waals surface area contributed by atoms with Crippen LogP contribution >= 0.6 is 11.8 Å². The molecule has 0 saturated carbocycles. The van der Waals surface area contributed by atoms with Crippen molar-refractivity contribution >= 4 is 35.3 Å². The van der Waals surface area contributed by atoms with Crippen molar-refractivity contribution in [1.82, 2.24) is 19.9 Å². The Bertz CT molecular complexity index is 916. The molecule has 10 nitrogen and oxygen atoms in total. The molecule has 0 fully saturated rings. The number of carboxylic acids is 1. The van der Waals surface area contributed by atoms with Crippen molar-refractivity contribution in [2.24, 2.45) is 5.92 Å². The third-order valence-corrected chi connectivity index (χ3v) is 5.70. The van der Waals surface area contributed by atoms with Gasteiger partial charge in [0, 0.05) is 11.8 Å². The van der Waals surface area contributed by atoms with Gasteiger partial charge in [-0.3, -0.25) is 14.4 Å². The first-order valence-electron chi connectivity index (χ1n) is 10.2. The zero-order valence-electron chi connectivity index (χ0n) is 17.7. The van der Waals surface area contributed by atoms with Gasteiger partial charge < -0.3 is 20.3 Å². The molecule has 170 valence electrons. The van der Waals surface area contributed by atoms with E-state index >= 15 is 0 Å². The Morgan fingerprint density at radius 3 is 2.77 bits per heavy atom. The highest BCUT2D eigenvalue weighted by molar-refractivity contribution is 7.99. The topological polar surface area (TPSA) is 143 Å². The molecule has 2 aromatic heterocycles. The number of ether oxygens (including phenoxy) is 1. The van der Waals surface area contributed by atoms with E-state index < -0.39 is 18.4 Å². The average molecular weight is 453 g/mol. The van der Waals surface area contributed by atoms with Crippen LogP contribution in [0.5, 0.6) is 5.75 Å². The monoisotopic (exact) mass is 452 g/mol. The van der Waals surface area contributed by atoms with Crippen LogP contribution < -0.4 is 5.32 Å². The number of esters is 1. The number of amides is 1. The van der Waals surface area contributed by atoms with Crippen LogP contribution in [0.1, 0.15) is 56.3 Å². The first-order valence-corrected chi connectivity index (χ1v) is 11.2. The van der Waals surface area contributed by atoms with E-state index in [1.54, 1.807) is 0 Å². The van der Waals surface area contributed by atoms with Crippen molar-refractivity contribution in [3.63, 3.8) is 0 Å². The van der Waals surface area contributed by atoms with Gasteiger partial charge in [-0.05, 0) is 12.3 Å². The second-order valence-corrected chi connectivity index (χ2v) is 8.13. The molecule has 2 rings (SSSR count). The van der Waals surface area contributed by atoms with Crippen molar-refractivity contribution in [3.8, 4) is 5.75 Å². The summed E-state index contributed by atoms with van der Waals surface area (Å²) in [4.78, 5) is 38.9. The molecule has 1 unspecified atom stereocenters. The summed E-state index contributed by atoms with van der Waals surface area (Å²) in [6.07, 6.45) is 5.66. The lowest BCUT2D eigenvalue weighted by atomic mass is 10.0. The van der Waals surface area contributed by atoms with Gasteiger partial charge in [0.15, 0.2) is 5.65 Å². The quantitative estimate of drug-likeness (QED) is 0.308. The molecule has 2 aromatic rings. The van der Waals surface area contributed by atoms with Gasteiger partial charge in [-0.2, -0.15) is 5.10 Å². The van der Waals surface area contributed by atoms with E-state index in [4.69, 9.17) is 9.84 Å². The van der Waals surface area contributed by atoms with Crippen molar-refractivity contribution in [1.29, 1.82) is 0 Å². The maximum atomic E-state index is 12.2. The lowest BCUT2D eigenvalue weighted by molar-refractivity contribution is -0.144. The van der Waals surface area contributed by atoms with E-state index in [1.165, 1.54) is 28.7 Å². The molecule has 1 atom stereocenters. The summed E-state index contributed by atoms with van der Waals surface area (Å²) in [6, 6.07) is 1.34. The van der Waals surface area contributed by atoms with Crippen LogP contribution in [0.4, 0.5) is 0 Å². The largest absolute Gasteiger partial charge is 0.507 e. The van der Waals surface area contributed by atoms with Crippen LogP contribution in [0.2, 0.25) is 0 Å². The molecule has 3 N–H and O–H groups in total. The molecule has 0 radical (unpaired) electrons. The van der Waals surface area contributed by atoms with Crippen LogP contribution in [-0.4, -0.2) is 61.6 Å². The van der Waals surface area contributed by atoms with E-state index in [2.05, 4.69) is 29.2 Å². The Hall–Kier alpha value is -2.82. The minimum absolute atomic E-state index is 0.0923. The predicted octanol–water partition coefficient (Wildman–Crippen LogP) is 2.49. The molecule has 0 aromatic carbocycles. The number of fused-ring (bicyclic) bond motifs is 1. The lowest BCUT2D eigenvalue weighted by Crippen LogP contribution is -2.29. The number of hydrogen-bond acceptors (Lipinski definition) is 8. The number of thioether (sulfide) groups is 1. The van der Waals surface area contributed by atoms with Gasteiger partial charge in [-0.15, -0.1) is 11.8 Å². The molecular weight excluding hydrogens is 424 g/mol. The lowest BCUT2D eigenvalue weighted by Gasteiger charge is -2.14. The molecule has 31 heavy (non-hydrogen) atoms. The van der Waals surface area contributed by atoms with Crippen LogP contribution in [0.3, 0.4) is 0 Å². The summed E-state index contributed by atoms with van der Waals surface area (Å²) in [5.41, 5.74) is -0.0742. The third-order valence-electron chi connectivity index (χ3n) is 4.70. The smallest absolute Gasteiger partial charge is 0.322 e. The minimum Gasteiger partial charge on any atom is -0.507 e. The molecule has 0 aliphatic carbocycles. The highest BCUT2D eigenvalue weighted by atomic mass is 32.2. The Balaban J connectivity index is 1.96. The van der Waals surface area contributed by atoms with Crippen molar-refractivity contribution < 1.29 is 29.3 Å². The average Bonchev–Trinajstić information content (AvgIpc) is 3.21. The summed E-state index contributed by atoms with van der Waals surface area (Å²) < 4.78 is 6.75. The second-order valence-electron chi connectivity index (χ2n) is 7.01. The Kier molecular flexibility index (Phi) is 9.57. The van der Waals surface area contributed by atoms with E-state index in [-0.39, 0.29) is 29.4 Å². The molecular formula is C20H28N4O6S. The number of aromatic hydroxyl groups is 1. The number of aliphatic carboxylic acids is 1. The minimum atomic E-state index is -1.21. The van der Waals surface area contributed by atoms with Gasteiger partial charge >= 0.3 is 11.9 Å². The van der Waals surface area contributed by atoms with Gasteiger partial charge in [0.2, 0.25) is 0 Å². The van der Waals surface area contributed by atoms with Crippen molar-refractivity contribution in [3.05, 3.63) is 18.0 Å². The van der Waals surface area contributed by atoms with Gasteiger partial charge in [-0.1, -0.05) is 33.1 Å². The summed E-state index contributed by atoms with van der Waals surface area (Å²) in [6.45, 7) is 4.06. The molecule has 1 amide bonds. The van der Waals surface area contributed by atoms with E-state index in [1.807, 2.05) is 0 Å². The zero-order valence-corrected chi connectivity index (χ0v) is 18.5. The number of unbranched alkanes of at least 4 members (excludes halogenated alkanes) is 1. The number of rotatable bonds is 13. The number of nitrogens with zero attached hydrogens (tertiary/aromatic N) is 3. The Labute approximate surface area is 184 Å².